The molecule has 11 heteroatoms. The molecule has 1 aliphatic rings. The van der Waals surface area contributed by atoms with Crippen molar-refractivity contribution < 1.29 is 27.2 Å². The lowest BCUT2D eigenvalue weighted by Crippen LogP contribution is -2.38. The van der Waals surface area contributed by atoms with Gasteiger partial charge in [0.25, 0.3) is 5.91 Å². The van der Waals surface area contributed by atoms with E-state index in [2.05, 4.69) is 20.6 Å². The number of aromatic nitrogens is 2. The van der Waals surface area contributed by atoms with Gasteiger partial charge in [0.1, 0.15) is 11.6 Å². The zero-order chi connectivity index (χ0) is 28.4. The molecule has 7 nitrogen and oxygen atoms in total. The summed E-state index contributed by atoms with van der Waals surface area (Å²) in [5.41, 5.74) is 2.82. The lowest BCUT2D eigenvalue weighted by atomic mass is 9.92. The molecule has 3 heterocycles. The number of likely N-dealkylation sites (N-methyl/N-ethyl adjacent to an activating group) is 1. The molecule has 3 N–H and O–H groups in total. The molecule has 1 atom stereocenters. The molecule has 2 aromatic carbocycles. The number of benzene rings is 2. The molecule has 0 saturated carbocycles. The number of pyridine rings is 1. The first-order valence-electron chi connectivity index (χ1n) is 12.5. The molecule has 1 unspecified atom stereocenters. The summed E-state index contributed by atoms with van der Waals surface area (Å²) in [5.74, 6) is -1.98. The first kappa shape index (κ1) is 26.9. The van der Waals surface area contributed by atoms with Crippen molar-refractivity contribution in [1.82, 2.24) is 14.9 Å². The summed E-state index contributed by atoms with van der Waals surface area (Å²) in [4.78, 5) is 34.5. The molecular weight excluding hydrogens is 526 g/mol. The fraction of sp³-hybridized carbons (Fsp3) is 0.207. The van der Waals surface area contributed by atoms with Gasteiger partial charge in [-0.15, -0.1) is 0 Å². The van der Waals surface area contributed by atoms with E-state index in [0.717, 1.165) is 0 Å². The Bertz CT molecular complexity index is 1530. The second kappa shape index (κ2) is 10.8. The number of rotatable bonds is 7. The zero-order valence-electron chi connectivity index (χ0n) is 21.3. The number of hydrogen-bond donors (Lipinski definition) is 3. The van der Waals surface area contributed by atoms with Crippen LogP contribution in [0.3, 0.4) is 0 Å². The van der Waals surface area contributed by atoms with Gasteiger partial charge in [-0.3, -0.25) is 9.59 Å². The third-order valence-electron chi connectivity index (χ3n) is 6.61. The maximum Gasteiger partial charge on any atom is 0.389 e. The van der Waals surface area contributed by atoms with Crippen molar-refractivity contribution >= 4 is 29.0 Å². The van der Waals surface area contributed by atoms with Gasteiger partial charge in [0, 0.05) is 42.7 Å². The minimum Gasteiger partial charge on any atom is -0.356 e. The number of anilines is 3. The quantitative estimate of drug-likeness (QED) is 0.237. The Morgan fingerprint density at radius 2 is 1.82 bits per heavy atom. The van der Waals surface area contributed by atoms with E-state index in [1.807, 2.05) is 6.07 Å². The molecule has 0 aliphatic carbocycles. The summed E-state index contributed by atoms with van der Waals surface area (Å²) in [6.45, 7) is -0.0862. The molecule has 0 radical (unpaired) electrons. The summed E-state index contributed by atoms with van der Waals surface area (Å²) < 4.78 is 53.6. The molecule has 0 bridgehead atoms. The molecule has 40 heavy (non-hydrogen) atoms. The molecule has 2 aromatic heterocycles. The van der Waals surface area contributed by atoms with Crippen molar-refractivity contribution in [2.24, 2.45) is 0 Å². The number of amides is 2. The third-order valence-corrected chi connectivity index (χ3v) is 6.61. The van der Waals surface area contributed by atoms with Crippen molar-refractivity contribution in [3.8, 4) is 11.3 Å². The van der Waals surface area contributed by atoms with Crippen molar-refractivity contribution in [1.29, 1.82) is 0 Å². The van der Waals surface area contributed by atoms with E-state index >= 15 is 0 Å². The largest absolute Gasteiger partial charge is 0.389 e. The number of aromatic amines is 1. The van der Waals surface area contributed by atoms with E-state index in [4.69, 9.17) is 0 Å². The van der Waals surface area contributed by atoms with Crippen LogP contribution in [0.2, 0.25) is 0 Å². The second-order valence-corrected chi connectivity index (χ2v) is 9.64. The lowest BCUT2D eigenvalue weighted by Gasteiger charge is -2.30. The number of carbonyl (C=O) groups excluding carboxylic acids is 2. The van der Waals surface area contributed by atoms with Gasteiger partial charge < -0.3 is 20.5 Å². The van der Waals surface area contributed by atoms with Gasteiger partial charge in [-0.2, -0.15) is 13.2 Å². The molecule has 206 valence electrons. The topological polar surface area (TPSA) is 90.1 Å². The normalized spacial score (nSPS) is 15.1. The molecule has 1 aliphatic heterocycles. The van der Waals surface area contributed by atoms with Crippen LogP contribution in [0, 0.1) is 5.82 Å². The molecule has 4 aromatic rings. The van der Waals surface area contributed by atoms with Gasteiger partial charge in [-0.25, -0.2) is 9.37 Å². The fourth-order valence-corrected chi connectivity index (χ4v) is 4.83. The standard InChI is InChI=1S/C29H25F4N5O2/c1-38-16-19(15-29(31,32)33)25-24(28(38)40)27(35-21-5-3-2-4-6-21)26(37-25)18-11-12-34-22(14-18)36-23(39)13-17-7-9-20(30)10-8-17/h2-12,14,19,35,37H,13,15-16H2,1H3,(H,34,36,39). The van der Waals surface area contributed by atoms with E-state index < -0.39 is 30.2 Å². The van der Waals surface area contributed by atoms with Crippen molar-refractivity contribution in [2.75, 3.05) is 24.2 Å². The van der Waals surface area contributed by atoms with Crippen LogP contribution < -0.4 is 10.6 Å². The van der Waals surface area contributed by atoms with Crippen LogP contribution in [0.4, 0.5) is 34.8 Å². The summed E-state index contributed by atoms with van der Waals surface area (Å²) in [7, 11) is 1.48. The molecule has 2 amide bonds. The van der Waals surface area contributed by atoms with Crippen LogP contribution in [0.15, 0.2) is 72.9 Å². The monoisotopic (exact) mass is 551 g/mol. The Balaban J connectivity index is 1.53. The van der Waals surface area contributed by atoms with Crippen molar-refractivity contribution in [3.63, 3.8) is 0 Å². The van der Waals surface area contributed by atoms with Gasteiger partial charge in [0.15, 0.2) is 0 Å². The highest BCUT2D eigenvalue weighted by molar-refractivity contribution is 6.06. The van der Waals surface area contributed by atoms with Crippen molar-refractivity contribution in [3.05, 3.63) is 95.6 Å². The van der Waals surface area contributed by atoms with Gasteiger partial charge in [-0.1, -0.05) is 30.3 Å². The minimum absolute atomic E-state index is 0.0102. The zero-order valence-corrected chi connectivity index (χ0v) is 21.3. The maximum absolute atomic E-state index is 13.5. The van der Waals surface area contributed by atoms with Gasteiger partial charge in [0.05, 0.1) is 29.8 Å². The van der Waals surface area contributed by atoms with Gasteiger partial charge >= 0.3 is 6.18 Å². The summed E-state index contributed by atoms with van der Waals surface area (Å²) in [6, 6.07) is 17.7. The number of carbonyl (C=O) groups is 2. The predicted octanol–water partition coefficient (Wildman–Crippen LogP) is 6.26. The van der Waals surface area contributed by atoms with Crippen molar-refractivity contribution in [2.45, 2.75) is 24.9 Å². The van der Waals surface area contributed by atoms with E-state index in [1.54, 1.807) is 36.4 Å². The second-order valence-electron chi connectivity index (χ2n) is 9.64. The molecule has 5 rings (SSSR count). The molecule has 0 saturated heterocycles. The smallest absolute Gasteiger partial charge is 0.356 e. The number of para-hydroxylation sites is 1. The number of fused-ring (bicyclic) bond motifs is 1. The maximum atomic E-state index is 13.5. The predicted molar refractivity (Wildman–Crippen MR) is 143 cm³/mol. The SMILES string of the molecule is CN1CC(CC(F)(F)F)c2[nH]c(-c3ccnc(NC(=O)Cc4ccc(F)cc4)c3)c(Nc3ccccc3)c2C1=O. The van der Waals surface area contributed by atoms with Crippen LogP contribution in [-0.2, 0) is 11.2 Å². The van der Waals surface area contributed by atoms with Gasteiger partial charge in [0.2, 0.25) is 5.91 Å². The average molecular weight is 552 g/mol. The summed E-state index contributed by atoms with van der Waals surface area (Å²) in [6.07, 6.45) is -4.08. The summed E-state index contributed by atoms with van der Waals surface area (Å²) >= 11 is 0. The van der Waals surface area contributed by atoms with E-state index in [0.29, 0.717) is 28.2 Å². The van der Waals surface area contributed by atoms with Gasteiger partial charge in [-0.05, 0) is 42.0 Å². The average Bonchev–Trinajstić information content (AvgIpc) is 3.28. The highest BCUT2D eigenvalue weighted by atomic mass is 19.4. The number of nitrogens with one attached hydrogen (secondary N) is 3. The Hall–Kier alpha value is -4.67. The number of alkyl halides is 3. The number of nitrogens with zero attached hydrogens (tertiary/aromatic N) is 2. The molecule has 0 fully saturated rings. The van der Waals surface area contributed by atoms with Crippen LogP contribution in [0.5, 0.6) is 0 Å². The highest BCUT2D eigenvalue weighted by Gasteiger charge is 2.41. The van der Waals surface area contributed by atoms with E-state index in [1.165, 1.54) is 42.4 Å². The first-order valence-corrected chi connectivity index (χ1v) is 12.5. The number of hydrogen-bond acceptors (Lipinski definition) is 4. The Morgan fingerprint density at radius 1 is 1.10 bits per heavy atom. The Morgan fingerprint density at radius 3 is 2.52 bits per heavy atom. The van der Waals surface area contributed by atoms with E-state index in [-0.39, 0.29) is 35.9 Å². The third kappa shape index (κ3) is 5.98. The fourth-order valence-electron chi connectivity index (χ4n) is 4.83. The number of H-pyrrole nitrogens is 1. The Labute approximate surface area is 227 Å². The Kier molecular flexibility index (Phi) is 7.29. The molecular formula is C29H25F4N5O2. The lowest BCUT2D eigenvalue weighted by molar-refractivity contribution is -0.139. The minimum atomic E-state index is -4.43. The summed E-state index contributed by atoms with van der Waals surface area (Å²) in [5, 5.41) is 5.91. The first-order chi connectivity index (χ1) is 19.1. The number of halogens is 4. The van der Waals surface area contributed by atoms with E-state index in [9.17, 15) is 27.2 Å². The highest BCUT2D eigenvalue weighted by Crippen LogP contribution is 2.44. The van der Waals surface area contributed by atoms with Crippen LogP contribution in [0.1, 0.15) is 34.0 Å². The van der Waals surface area contributed by atoms with Crippen LogP contribution in [0.25, 0.3) is 11.3 Å². The van der Waals surface area contributed by atoms with Crippen LogP contribution in [-0.4, -0.2) is 46.5 Å². The van der Waals surface area contributed by atoms with Crippen LogP contribution >= 0.6 is 0 Å². The molecule has 0 spiro atoms.